The number of fused-ring (bicyclic) bond motifs is 1. The minimum Gasteiger partial charge on any atom is -0.487 e. The Morgan fingerprint density at radius 3 is 2.57 bits per heavy atom. The zero-order valence-corrected chi connectivity index (χ0v) is 17.6. The molecule has 1 fully saturated rings. The maximum Gasteiger partial charge on any atom is 0.230 e. The maximum atomic E-state index is 12.5. The zero-order chi connectivity index (χ0) is 19.6. The summed E-state index contributed by atoms with van der Waals surface area (Å²) in [7, 11) is 0. The first-order valence-corrected chi connectivity index (χ1v) is 11.3. The zero-order valence-electron chi connectivity index (χ0n) is 16.8. The fourth-order valence-corrected chi connectivity index (χ4v) is 5.58. The van der Waals surface area contributed by atoms with Crippen LogP contribution in [-0.4, -0.2) is 17.3 Å². The van der Waals surface area contributed by atoms with Crippen LogP contribution in [0.5, 0.6) is 5.75 Å². The van der Waals surface area contributed by atoms with Gasteiger partial charge in [-0.25, -0.2) is 0 Å². The van der Waals surface area contributed by atoms with Gasteiger partial charge in [-0.1, -0.05) is 47.5 Å². The van der Waals surface area contributed by atoms with E-state index in [1.807, 2.05) is 0 Å². The number of benzene rings is 2. The average molecular weight is 396 g/mol. The van der Waals surface area contributed by atoms with Gasteiger partial charge in [-0.05, 0) is 51.2 Å². The maximum absolute atomic E-state index is 12.5. The third kappa shape index (κ3) is 4.38. The molecule has 1 aliphatic heterocycles. The predicted molar refractivity (Wildman–Crippen MR) is 116 cm³/mol. The summed E-state index contributed by atoms with van der Waals surface area (Å²) >= 11 is 1.76. The molecule has 0 radical (unpaired) electrons. The molecule has 1 aliphatic carbocycles. The van der Waals surface area contributed by atoms with Gasteiger partial charge in [-0.3, -0.25) is 4.79 Å². The Hall–Kier alpha value is -1.94. The predicted octanol–water partition coefficient (Wildman–Crippen LogP) is 5.49. The highest BCUT2D eigenvalue weighted by Crippen LogP contribution is 2.51. The summed E-state index contributed by atoms with van der Waals surface area (Å²) in [6.45, 7) is 4.78. The number of carbonyl (C=O) groups excluding carboxylic acids is 1. The molecule has 4 rings (SSSR count). The number of aryl methyl sites for hydroxylation is 2. The molecule has 1 saturated carbocycles. The fourth-order valence-electron chi connectivity index (χ4n) is 4.34. The fraction of sp³-hybridized carbons (Fsp3) is 0.458. The monoisotopic (exact) mass is 395 g/mol. The highest BCUT2D eigenvalue weighted by Gasteiger charge is 2.43. The quantitative estimate of drug-likeness (QED) is 0.727. The Balaban J connectivity index is 1.39. The number of nitrogens with one attached hydrogen (secondary N) is 1. The summed E-state index contributed by atoms with van der Waals surface area (Å²) in [6.07, 6.45) is 5.78. The Morgan fingerprint density at radius 1 is 1.11 bits per heavy atom. The lowest BCUT2D eigenvalue weighted by Gasteiger charge is -2.40. The second kappa shape index (κ2) is 8.20. The number of rotatable bonds is 5. The lowest BCUT2D eigenvalue weighted by molar-refractivity contribution is -0.118. The van der Waals surface area contributed by atoms with Gasteiger partial charge in [-0.2, -0.15) is 0 Å². The summed E-state index contributed by atoms with van der Waals surface area (Å²) in [5.74, 6) is 1.61. The van der Waals surface area contributed by atoms with Crippen molar-refractivity contribution in [2.75, 3.05) is 5.75 Å². The molecule has 0 bridgehead atoms. The van der Waals surface area contributed by atoms with Gasteiger partial charge in [0.1, 0.15) is 11.4 Å². The highest BCUT2D eigenvalue weighted by atomic mass is 32.2. The van der Waals surface area contributed by atoms with Gasteiger partial charge in [0.2, 0.25) is 5.91 Å². The number of carbonyl (C=O) groups is 1. The molecule has 1 amide bonds. The lowest BCUT2D eigenvalue weighted by atomic mass is 9.88. The summed E-state index contributed by atoms with van der Waals surface area (Å²) in [6, 6.07) is 14.8. The minimum atomic E-state index is -0.0156. The summed E-state index contributed by atoms with van der Waals surface area (Å²) in [5.41, 5.74) is 4.87. The van der Waals surface area contributed by atoms with Crippen molar-refractivity contribution in [3.8, 4) is 5.75 Å². The normalized spacial score (nSPS) is 19.9. The van der Waals surface area contributed by atoms with E-state index in [-0.39, 0.29) is 11.5 Å². The van der Waals surface area contributed by atoms with E-state index in [1.165, 1.54) is 29.5 Å². The first-order valence-electron chi connectivity index (χ1n) is 10.3. The van der Waals surface area contributed by atoms with Crippen LogP contribution in [-0.2, 0) is 11.3 Å². The average Bonchev–Trinajstić information content (AvgIpc) is 3.13. The molecule has 2 aromatic rings. The smallest absolute Gasteiger partial charge is 0.230 e. The van der Waals surface area contributed by atoms with E-state index in [0.717, 1.165) is 30.6 Å². The van der Waals surface area contributed by atoms with Crippen LogP contribution in [0, 0.1) is 13.8 Å². The van der Waals surface area contributed by atoms with Crippen LogP contribution < -0.4 is 10.1 Å². The van der Waals surface area contributed by atoms with Crippen LogP contribution in [0.15, 0.2) is 42.5 Å². The van der Waals surface area contributed by atoms with Gasteiger partial charge in [-0.15, -0.1) is 11.8 Å². The van der Waals surface area contributed by atoms with E-state index >= 15 is 0 Å². The van der Waals surface area contributed by atoms with Gasteiger partial charge >= 0.3 is 0 Å². The van der Waals surface area contributed by atoms with Gasteiger partial charge < -0.3 is 10.1 Å². The highest BCUT2D eigenvalue weighted by molar-refractivity contribution is 8.00. The van der Waals surface area contributed by atoms with E-state index in [2.05, 4.69) is 61.6 Å². The van der Waals surface area contributed by atoms with Crippen molar-refractivity contribution in [1.29, 1.82) is 0 Å². The molecule has 148 valence electrons. The Morgan fingerprint density at radius 2 is 1.82 bits per heavy atom. The number of hydrogen-bond acceptors (Lipinski definition) is 3. The van der Waals surface area contributed by atoms with Crippen molar-refractivity contribution in [3.05, 3.63) is 64.7 Å². The van der Waals surface area contributed by atoms with Gasteiger partial charge in [0.25, 0.3) is 0 Å². The topological polar surface area (TPSA) is 38.3 Å². The first kappa shape index (κ1) is 19.4. The summed E-state index contributed by atoms with van der Waals surface area (Å²) in [4.78, 5) is 12.5. The van der Waals surface area contributed by atoms with Crippen LogP contribution in [0.3, 0.4) is 0 Å². The van der Waals surface area contributed by atoms with Gasteiger partial charge in [0, 0.05) is 23.8 Å². The minimum absolute atomic E-state index is 0.0156. The Kier molecular flexibility index (Phi) is 5.68. The molecule has 0 saturated heterocycles. The second-order valence-electron chi connectivity index (χ2n) is 8.30. The van der Waals surface area contributed by atoms with Crippen LogP contribution in [0.4, 0.5) is 0 Å². The lowest BCUT2D eigenvalue weighted by Crippen LogP contribution is -2.38. The number of hydrogen-bond donors (Lipinski definition) is 1. The van der Waals surface area contributed by atoms with Crippen LogP contribution >= 0.6 is 11.8 Å². The number of ether oxygens (including phenoxy) is 1. The first-order chi connectivity index (χ1) is 13.5. The van der Waals surface area contributed by atoms with Crippen molar-refractivity contribution in [2.45, 2.75) is 63.3 Å². The van der Waals surface area contributed by atoms with Crippen molar-refractivity contribution < 1.29 is 9.53 Å². The van der Waals surface area contributed by atoms with Gasteiger partial charge in [0.15, 0.2) is 0 Å². The molecule has 1 N–H and O–H groups in total. The molecule has 1 atom stereocenters. The number of thioether (sulfide) groups is 1. The van der Waals surface area contributed by atoms with Crippen LogP contribution in [0.2, 0.25) is 0 Å². The molecular weight excluding hydrogens is 366 g/mol. The molecule has 4 heteroatoms. The largest absolute Gasteiger partial charge is 0.487 e. The summed E-state index contributed by atoms with van der Waals surface area (Å²) in [5, 5.41) is 3.39. The third-order valence-corrected chi connectivity index (χ3v) is 7.19. The van der Waals surface area contributed by atoms with E-state index in [9.17, 15) is 4.79 Å². The van der Waals surface area contributed by atoms with Crippen molar-refractivity contribution in [1.82, 2.24) is 5.32 Å². The molecule has 2 aromatic carbocycles. The molecule has 2 aliphatic rings. The second-order valence-corrected chi connectivity index (χ2v) is 9.49. The van der Waals surface area contributed by atoms with E-state index in [1.54, 1.807) is 11.8 Å². The Labute approximate surface area is 172 Å². The molecule has 1 spiro atoms. The molecule has 0 unspecified atom stereocenters. The number of amides is 1. The molecule has 28 heavy (non-hydrogen) atoms. The van der Waals surface area contributed by atoms with Crippen molar-refractivity contribution in [2.24, 2.45) is 0 Å². The van der Waals surface area contributed by atoms with E-state index in [4.69, 9.17) is 4.74 Å². The molecule has 1 heterocycles. The third-order valence-electron chi connectivity index (χ3n) is 5.94. The van der Waals surface area contributed by atoms with Crippen LogP contribution in [0.25, 0.3) is 0 Å². The van der Waals surface area contributed by atoms with Gasteiger partial charge in [0.05, 0.1) is 5.75 Å². The van der Waals surface area contributed by atoms with E-state index < -0.39 is 0 Å². The Bertz CT molecular complexity index is 840. The molecular formula is C24H29NO2S. The standard InChI is InChI=1S/C24H29NO2S/c1-17-5-8-19(9-6-17)15-25-23(26)16-28-22-14-24(11-3-4-12-24)27-21-10-7-18(2)13-20(21)22/h5-10,13,22H,3-4,11-12,14-16H2,1-2H3,(H,25,26)/t22-/m1/s1. The van der Waals surface area contributed by atoms with E-state index in [0.29, 0.717) is 17.5 Å². The molecule has 3 nitrogen and oxygen atoms in total. The van der Waals surface area contributed by atoms with Crippen molar-refractivity contribution >= 4 is 17.7 Å². The summed E-state index contributed by atoms with van der Waals surface area (Å²) < 4.78 is 6.47. The molecule has 0 aromatic heterocycles. The van der Waals surface area contributed by atoms with Crippen molar-refractivity contribution in [3.63, 3.8) is 0 Å². The van der Waals surface area contributed by atoms with Crippen LogP contribution in [0.1, 0.15) is 59.6 Å². The SMILES string of the molecule is Cc1ccc(CNC(=O)CS[C@@H]2CC3(CCCC3)Oc3ccc(C)cc32)cc1.